The Balaban J connectivity index is 1.88. The van der Waals surface area contributed by atoms with Crippen LogP contribution in [0.15, 0.2) is 42.7 Å². The predicted octanol–water partition coefficient (Wildman–Crippen LogP) is 2.24. The highest BCUT2D eigenvalue weighted by Crippen LogP contribution is 2.25. The molecule has 0 aliphatic rings. The van der Waals surface area contributed by atoms with Crippen LogP contribution in [-0.2, 0) is 0 Å². The van der Waals surface area contributed by atoms with Gasteiger partial charge in [-0.05, 0) is 36.8 Å². The van der Waals surface area contributed by atoms with Crippen molar-refractivity contribution >= 4 is 11.7 Å². The van der Waals surface area contributed by atoms with E-state index in [1.54, 1.807) is 49.8 Å². The maximum Gasteiger partial charge on any atom is 0.319 e. The van der Waals surface area contributed by atoms with E-state index in [0.29, 0.717) is 36.8 Å². The van der Waals surface area contributed by atoms with Gasteiger partial charge in [0.1, 0.15) is 0 Å². The molecule has 1 aromatic heterocycles. The Kier molecular flexibility index (Phi) is 5.59. The van der Waals surface area contributed by atoms with E-state index in [-0.39, 0.29) is 0 Å². The molecular formula is C16H18N3O3. The number of primary amides is 1. The lowest BCUT2D eigenvalue weighted by molar-refractivity contribution is 0.252. The fourth-order valence-corrected chi connectivity index (χ4v) is 1.96. The molecule has 0 saturated heterocycles. The molecule has 0 aliphatic carbocycles. The number of pyridine rings is 1. The van der Waals surface area contributed by atoms with Gasteiger partial charge in [-0.15, -0.1) is 0 Å². The minimum Gasteiger partial charge on any atom is -0.493 e. The van der Waals surface area contributed by atoms with Crippen LogP contribution in [0, 0.1) is 6.07 Å². The van der Waals surface area contributed by atoms with Crippen LogP contribution in [0.3, 0.4) is 0 Å². The van der Waals surface area contributed by atoms with Crippen LogP contribution < -0.4 is 20.1 Å². The molecule has 6 nitrogen and oxygen atoms in total. The number of methoxy groups -OCH3 is 1. The zero-order chi connectivity index (χ0) is 15.8. The first kappa shape index (κ1) is 15.6. The fraction of sp³-hybridized carbons (Fsp3) is 0.250. The summed E-state index contributed by atoms with van der Waals surface area (Å²) in [5.74, 6) is 1.27. The second-order valence-electron chi connectivity index (χ2n) is 4.48. The minimum absolute atomic E-state index is 0.435. The minimum atomic E-state index is -0.514. The highest BCUT2D eigenvalue weighted by Gasteiger charge is 2.12. The Morgan fingerprint density at radius 3 is 2.95 bits per heavy atom. The molecule has 0 unspecified atom stereocenters. The Hall–Kier alpha value is -2.76. The van der Waals surface area contributed by atoms with Crippen LogP contribution in [-0.4, -0.2) is 31.3 Å². The van der Waals surface area contributed by atoms with Crippen LogP contribution >= 0.6 is 0 Å². The number of nitrogens with two attached hydrogens (primary N) is 1. The smallest absolute Gasteiger partial charge is 0.319 e. The molecule has 115 valence electrons. The molecule has 0 bridgehead atoms. The number of nitrogens with zero attached hydrogens (tertiary/aromatic N) is 2. The number of urea groups is 1. The zero-order valence-corrected chi connectivity index (χ0v) is 12.4. The Labute approximate surface area is 129 Å². The van der Waals surface area contributed by atoms with Crippen LogP contribution in [0.1, 0.15) is 6.42 Å². The summed E-state index contributed by atoms with van der Waals surface area (Å²) in [6.07, 6.45) is 3.87. The van der Waals surface area contributed by atoms with Gasteiger partial charge in [-0.25, -0.2) is 4.79 Å². The van der Waals surface area contributed by atoms with Gasteiger partial charge < -0.3 is 15.2 Å². The predicted molar refractivity (Wildman–Crippen MR) is 83.1 cm³/mol. The van der Waals surface area contributed by atoms with E-state index >= 15 is 0 Å². The number of aromatic nitrogens is 1. The number of ether oxygens (including phenoxy) is 2. The fourth-order valence-electron chi connectivity index (χ4n) is 1.96. The van der Waals surface area contributed by atoms with Crippen molar-refractivity contribution in [2.24, 2.45) is 5.73 Å². The lowest BCUT2D eigenvalue weighted by Gasteiger charge is -2.20. The molecule has 22 heavy (non-hydrogen) atoms. The van der Waals surface area contributed by atoms with Crippen LogP contribution in [0.2, 0.25) is 0 Å². The van der Waals surface area contributed by atoms with Crippen molar-refractivity contribution in [3.8, 4) is 11.5 Å². The first-order valence-electron chi connectivity index (χ1n) is 6.86. The Morgan fingerprint density at radius 1 is 1.41 bits per heavy atom. The van der Waals surface area contributed by atoms with Gasteiger partial charge in [0.25, 0.3) is 0 Å². The van der Waals surface area contributed by atoms with E-state index in [0.717, 1.165) is 0 Å². The molecular weight excluding hydrogens is 282 g/mol. The monoisotopic (exact) mass is 300 g/mol. The van der Waals surface area contributed by atoms with E-state index in [4.69, 9.17) is 15.2 Å². The summed E-state index contributed by atoms with van der Waals surface area (Å²) in [6.45, 7) is 0.882. The maximum atomic E-state index is 11.5. The van der Waals surface area contributed by atoms with Crippen molar-refractivity contribution in [1.82, 2.24) is 4.98 Å². The molecule has 6 heteroatoms. The normalized spacial score (nSPS) is 10.0. The summed E-state index contributed by atoms with van der Waals surface area (Å²) in [5.41, 5.74) is 6.07. The quantitative estimate of drug-likeness (QED) is 0.795. The summed E-state index contributed by atoms with van der Waals surface area (Å²) < 4.78 is 10.8. The third-order valence-electron chi connectivity index (χ3n) is 3.02. The van der Waals surface area contributed by atoms with E-state index in [1.807, 2.05) is 0 Å². The summed E-state index contributed by atoms with van der Waals surface area (Å²) in [6, 6.07) is 11.2. The van der Waals surface area contributed by atoms with Gasteiger partial charge >= 0.3 is 6.03 Å². The number of amides is 2. The van der Waals surface area contributed by atoms with Gasteiger partial charge in [0.05, 0.1) is 25.6 Å². The number of hydrogen-bond donors (Lipinski definition) is 1. The molecule has 2 aromatic rings. The van der Waals surface area contributed by atoms with E-state index < -0.39 is 6.03 Å². The second-order valence-corrected chi connectivity index (χ2v) is 4.48. The van der Waals surface area contributed by atoms with Gasteiger partial charge in [0.2, 0.25) is 0 Å². The molecule has 0 fully saturated rings. The van der Waals surface area contributed by atoms with Crippen LogP contribution in [0.25, 0.3) is 0 Å². The standard InChI is InChI=1S/C16H18N3O3/c1-21-14-7-2-3-8-15(14)22-11-5-10-19(16(17)20)13-6-4-9-18-12-13/h3-4,6-9,12H,5,10-11H2,1H3,(H2,17,20). The molecule has 2 amide bonds. The zero-order valence-electron chi connectivity index (χ0n) is 12.4. The Bertz CT molecular complexity index is 605. The number of anilines is 1. The van der Waals surface area contributed by atoms with Crippen molar-refractivity contribution in [3.63, 3.8) is 0 Å². The highest BCUT2D eigenvalue weighted by molar-refractivity contribution is 5.90. The van der Waals surface area contributed by atoms with E-state index in [9.17, 15) is 4.79 Å². The average Bonchev–Trinajstić information content (AvgIpc) is 2.55. The van der Waals surface area contributed by atoms with Gasteiger partial charge in [-0.3, -0.25) is 9.88 Å². The van der Waals surface area contributed by atoms with Crippen LogP contribution in [0.4, 0.5) is 10.5 Å². The Morgan fingerprint density at radius 2 is 2.27 bits per heavy atom. The second kappa shape index (κ2) is 7.87. The largest absolute Gasteiger partial charge is 0.493 e. The topological polar surface area (TPSA) is 77.7 Å². The average molecular weight is 300 g/mol. The lowest BCUT2D eigenvalue weighted by atomic mass is 10.3. The summed E-state index contributed by atoms with van der Waals surface area (Å²) in [5, 5.41) is 0. The highest BCUT2D eigenvalue weighted by atomic mass is 16.5. The van der Waals surface area contributed by atoms with Gasteiger partial charge in [-0.2, -0.15) is 0 Å². The number of carbonyl (C=O) groups is 1. The molecule has 0 aliphatic heterocycles. The molecule has 1 aromatic carbocycles. The molecule has 2 N–H and O–H groups in total. The molecule has 0 atom stereocenters. The molecule has 2 rings (SSSR count). The summed E-state index contributed by atoms with van der Waals surface area (Å²) in [7, 11) is 1.58. The van der Waals surface area contributed by atoms with Crippen molar-refractivity contribution < 1.29 is 14.3 Å². The number of rotatable bonds is 7. The van der Waals surface area contributed by atoms with Crippen molar-refractivity contribution in [2.75, 3.05) is 25.2 Å². The van der Waals surface area contributed by atoms with E-state index in [2.05, 4.69) is 11.1 Å². The summed E-state index contributed by atoms with van der Waals surface area (Å²) >= 11 is 0. The summed E-state index contributed by atoms with van der Waals surface area (Å²) in [4.78, 5) is 17.0. The van der Waals surface area contributed by atoms with Crippen LogP contribution in [0.5, 0.6) is 11.5 Å². The van der Waals surface area contributed by atoms with E-state index in [1.165, 1.54) is 4.90 Å². The lowest BCUT2D eigenvalue weighted by Crippen LogP contribution is -2.37. The van der Waals surface area contributed by atoms with Gasteiger partial charge in [-0.1, -0.05) is 6.07 Å². The van der Waals surface area contributed by atoms with Gasteiger partial charge in [0, 0.05) is 12.7 Å². The van der Waals surface area contributed by atoms with Crippen molar-refractivity contribution in [3.05, 3.63) is 48.8 Å². The maximum absolute atomic E-state index is 11.5. The number of carbonyl (C=O) groups excluding carboxylic acids is 1. The SMILES string of the molecule is COc1c[c]ccc1OCCCN(C(N)=O)c1cccnc1. The molecule has 0 saturated carbocycles. The first-order valence-corrected chi connectivity index (χ1v) is 6.86. The van der Waals surface area contributed by atoms with Crippen molar-refractivity contribution in [1.29, 1.82) is 0 Å². The van der Waals surface area contributed by atoms with Crippen molar-refractivity contribution in [2.45, 2.75) is 6.42 Å². The number of benzene rings is 1. The van der Waals surface area contributed by atoms with Gasteiger partial charge in [0.15, 0.2) is 11.5 Å². The molecule has 0 spiro atoms. The first-order chi connectivity index (χ1) is 10.7. The third kappa shape index (κ3) is 4.12. The molecule has 1 heterocycles. The number of hydrogen-bond acceptors (Lipinski definition) is 4. The molecule has 1 radical (unpaired) electrons. The third-order valence-corrected chi connectivity index (χ3v) is 3.02.